The summed E-state index contributed by atoms with van der Waals surface area (Å²) in [5.41, 5.74) is 3.78. The lowest BCUT2D eigenvalue weighted by molar-refractivity contribution is -0.113. The Morgan fingerprint density at radius 1 is 0.868 bits per heavy atom. The molecular weight excluding hydrogens is 514 g/mol. The molecule has 4 aromatic rings. The van der Waals surface area contributed by atoms with Crippen LogP contribution in [0.25, 0.3) is 6.08 Å². The molecule has 0 aromatic heterocycles. The normalized spacial score (nSPS) is 14.2. The summed E-state index contributed by atoms with van der Waals surface area (Å²) in [6, 6.07) is 30.6. The zero-order valence-corrected chi connectivity index (χ0v) is 22.6. The molecule has 1 aliphatic heterocycles. The second kappa shape index (κ2) is 11.5. The van der Waals surface area contributed by atoms with Crippen molar-refractivity contribution in [1.82, 2.24) is 0 Å². The predicted octanol–water partition coefficient (Wildman–Crippen LogP) is 7.78. The number of anilines is 1. The van der Waals surface area contributed by atoms with Gasteiger partial charge in [-0.3, -0.25) is 9.69 Å². The number of ether oxygens (including phenoxy) is 3. The van der Waals surface area contributed by atoms with E-state index in [-0.39, 0.29) is 5.91 Å². The molecule has 38 heavy (non-hydrogen) atoms. The van der Waals surface area contributed by atoms with E-state index in [1.807, 2.05) is 91.0 Å². The first-order chi connectivity index (χ1) is 18.5. The standard InChI is InChI=1S/C31H25NO4S2/c1-21-8-10-22(11-9-21)20-35-27-17-12-23(18-28(27)34-2)19-29-30(33)32(31(37)38-29)24-13-15-26(16-14-24)36-25-6-4-3-5-7-25/h3-19H,20H2,1-2H3/b29-19-. The van der Waals surface area contributed by atoms with Gasteiger partial charge in [0.05, 0.1) is 17.7 Å². The summed E-state index contributed by atoms with van der Waals surface area (Å²) in [6.07, 6.45) is 1.82. The number of rotatable bonds is 8. The van der Waals surface area contributed by atoms with Gasteiger partial charge in [0, 0.05) is 0 Å². The number of amides is 1. The topological polar surface area (TPSA) is 48.0 Å². The van der Waals surface area contributed by atoms with E-state index in [4.69, 9.17) is 26.4 Å². The van der Waals surface area contributed by atoms with Crippen LogP contribution in [-0.4, -0.2) is 17.3 Å². The van der Waals surface area contributed by atoms with E-state index in [1.54, 1.807) is 7.11 Å². The molecule has 5 nitrogen and oxygen atoms in total. The van der Waals surface area contributed by atoms with Gasteiger partial charge in [0.2, 0.25) is 0 Å². The molecule has 0 unspecified atom stereocenters. The van der Waals surface area contributed by atoms with Gasteiger partial charge in [0.1, 0.15) is 18.1 Å². The van der Waals surface area contributed by atoms with Crippen molar-refractivity contribution in [3.8, 4) is 23.0 Å². The highest BCUT2D eigenvalue weighted by Gasteiger charge is 2.33. The molecule has 0 N–H and O–H groups in total. The number of nitrogens with zero attached hydrogens (tertiary/aromatic N) is 1. The van der Waals surface area contributed by atoms with Crippen LogP contribution in [0, 0.1) is 6.92 Å². The minimum absolute atomic E-state index is 0.171. The Bertz CT molecular complexity index is 1480. The van der Waals surface area contributed by atoms with Gasteiger partial charge in [-0.05, 0) is 72.7 Å². The minimum Gasteiger partial charge on any atom is -0.493 e. The van der Waals surface area contributed by atoms with Crippen molar-refractivity contribution < 1.29 is 19.0 Å². The number of carbonyl (C=O) groups is 1. The lowest BCUT2D eigenvalue weighted by Crippen LogP contribution is -2.27. The summed E-state index contributed by atoms with van der Waals surface area (Å²) in [4.78, 5) is 15.3. The summed E-state index contributed by atoms with van der Waals surface area (Å²) >= 11 is 6.81. The highest BCUT2D eigenvalue weighted by Crippen LogP contribution is 2.38. The molecule has 0 atom stereocenters. The minimum atomic E-state index is -0.171. The second-order valence-electron chi connectivity index (χ2n) is 8.61. The van der Waals surface area contributed by atoms with Gasteiger partial charge in [-0.2, -0.15) is 0 Å². The maximum Gasteiger partial charge on any atom is 0.270 e. The Hall–Kier alpha value is -4.07. The number of para-hydroxylation sites is 1. The number of hydrogen-bond donors (Lipinski definition) is 0. The summed E-state index contributed by atoms with van der Waals surface area (Å²) in [6.45, 7) is 2.49. The molecule has 1 aliphatic rings. The molecule has 1 heterocycles. The molecule has 190 valence electrons. The van der Waals surface area contributed by atoms with E-state index in [0.717, 1.165) is 16.9 Å². The third-order valence-corrected chi connectivity index (χ3v) is 7.17. The van der Waals surface area contributed by atoms with Crippen molar-refractivity contribution in [3.05, 3.63) is 119 Å². The Balaban J connectivity index is 1.29. The molecule has 0 aliphatic carbocycles. The predicted molar refractivity (Wildman–Crippen MR) is 157 cm³/mol. The SMILES string of the molecule is COc1cc(/C=C2\SC(=S)N(c3ccc(Oc4ccccc4)cc3)C2=O)ccc1OCc1ccc(C)cc1. The molecule has 5 rings (SSSR count). The molecule has 0 radical (unpaired) electrons. The molecule has 1 amide bonds. The largest absolute Gasteiger partial charge is 0.493 e. The van der Waals surface area contributed by atoms with Gasteiger partial charge in [-0.25, -0.2) is 0 Å². The van der Waals surface area contributed by atoms with Gasteiger partial charge in [-0.1, -0.05) is 78.1 Å². The van der Waals surface area contributed by atoms with Gasteiger partial charge >= 0.3 is 0 Å². The maximum absolute atomic E-state index is 13.3. The van der Waals surface area contributed by atoms with Gasteiger partial charge in [0.15, 0.2) is 15.8 Å². The van der Waals surface area contributed by atoms with E-state index in [9.17, 15) is 4.79 Å². The van der Waals surface area contributed by atoms with Crippen LogP contribution in [0.5, 0.6) is 23.0 Å². The average molecular weight is 540 g/mol. The third kappa shape index (κ3) is 5.90. The monoisotopic (exact) mass is 539 g/mol. The molecule has 7 heteroatoms. The number of methoxy groups -OCH3 is 1. The first-order valence-corrected chi connectivity index (χ1v) is 13.2. The first kappa shape index (κ1) is 25.6. The smallest absolute Gasteiger partial charge is 0.270 e. The van der Waals surface area contributed by atoms with Crippen LogP contribution in [-0.2, 0) is 11.4 Å². The molecule has 0 saturated carbocycles. The number of benzene rings is 4. The lowest BCUT2D eigenvalue weighted by atomic mass is 10.1. The highest BCUT2D eigenvalue weighted by atomic mass is 32.2. The van der Waals surface area contributed by atoms with Crippen molar-refractivity contribution in [1.29, 1.82) is 0 Å². The summed E-state index contributed by atoms with van der Waals surface area (Å²) < 4.78 is 17.9. The van der Waals surface area contributed by atoms with Crippen LogP contribution in [0.4, 0.5) is 5.69 Å². The zero-order valence-electron chi connectivity index (χ0n) is 20.9. The van der Waals surface area contributed by atoms with Crippen molar-refractivity contribution >= 4 is 46.0 Å². The van der Waals surface area contributed by atoms with Gasteiger partial charge in [0.25, 0.3) is 5.91 Å². The Morgan fingerprint density at radius 2 is 1.58 bits per heavy atom. The quantitative estimate of drug-likeness (QED) is 0.168. The van der Waals surface area contributed by atoms with Crippen molar-refractivity contribution in [2.24, 2.45) is 0 Å². The van der Waals surface area contributed by atoms with Crippen molar-refractivity contribution in [2.75, 3.05) is 12.0 Å². The van der Waals surface area contributed by atoms with E-state index >= 15 is 0 Å². The fraction of sp³-hybridized carbons (Fsp3) is 0.0968. The molecular formula is C31H25NO4S2. The summed E-state index contributed by atoms with van der Waals surface area (Å²) in [7, 11) is 1.60. The van der Waals surface area contributed by atoms with Crippen LogP contribution >= 0.6 is 24.0 Å². The number of hydrogen-bond acceptors (Lipinski definition) is 6. The van der Waals surface area contributed by atoms with E-state index in [2.05, 4.69) is 19.1 Å². The Kier molecular flexibility index (Phi) is 7.77. The highest BCUT2D eigenvalue weighted by molar-refractivity contribution is 8.27. The molecule has 1 saturated heterocycles. The molecule has 0 spiro atoms. The fourth-order valence-corrected chi connectivity index (χ4v) is 5.17. The molecule has 4 aromatic carbocycles. The molecule has 1 fully saturated rings. The van der Waals surface area contributed by atoms with E-state index < -0.39 is 0 Å². The van der Waals surface area contributed by atoms with Crippen LogP contribution in [0.2, 0.25) is 0 Å². The van der Waals surface area contributed by atoms with Crippen LogP contribution in [0.3, 0.4) is 0 Å². The summed E-state index contributed by atoms with van der Waals surface area (Å²) in [5, 5.41) is 0. The number of thiocarbonyl (C=S) groups is 1. The number of carbonyl (C=O) groups excluding carboxylic acids is 1. The van der Waals surface area contributed by atoms with Crippen LogP contribution < -0.4 is 19.1 Å². The zero-order chi connectivity index (χ0) is 26.5. The van der Waals surface area contributed by atoms with Crippen molar-refractivity contribution in [3.63, 3.8) is 0 Å². The third-order valence-electron chi connectivity index (χ3n) is 5.87. The van der Waals surface area contributed by atoms with Crippen LogP contribution in [0.15, 0.2) is 102 Å². The number of thioether (sulfide) groups is 1. The Labute approximate surface area is 231 Å². The van der Waals surface area contributed by atoms with E-state index in [0.29, 0.717) is 38.8 Å². The second-order valence-corrected chi connectivity index (χ2v) is 10.3. The van der Waals surface area contributed by atoms with Crippen LogP contribution in [0.1, 0.15) is 16.7 Å². The molecule has 0 bridgehead atoms. The van der Waals surface area contributed by atoms with E-state index in [1.165, 1.54) is 22.2 Å². The summed E-state index contributed by atoms with van der Waals surface area (Å²) in [5.74, 6) is 2.48. The fourth-order valence-electron chi connectivity index (χ4n) is 3.87. The first-order valence-electron chi connectivity index (χ1n) is 12.0. The van der Waals surface area contributed by atoms with Gasteiger partial charge < -0.3 is 14.2 Å². The lowest BCUT2D eigenvalue weighted by Gasteiger charge is -2.15. The van der Waals surface area contributed by atoms with Crippen molar-refractivity contribution in [2.45, 2.75) is 13.5 Å². The van der Waals surface area contributed by atoms with Gasteiger partial charge in [-0.15, -0.1) is 0 Å². The average Bonchev–Trinajstić information content (AvgIpc) is 3.22. The maximum atomic E-state index is 13.3. The Morgan fingerprint density at radius 3 is 2.29 bits per heavy atom. The number of aryl methyl sites for hydroxylation is 1.